The number of nitrogens with zero attached hydrogens (tertiary/aromatic N) is 2. The smallest absolute Gasteiger partial charge is 0.115 e. The van der Waals surface area contributed by atoms with E-state index in [1.807, 2.05) is 78.9 Å². The summed E-state index contributed by atoms with van der Waals surface area (Å²) in [6.45, 7) is 0. The van der Waals surface area contributed by atoms with E-state index in [2.05, 4.69) is 34.1 Å². The predicted molar refractivity (Wildman–Crippen MR) is 147 cm³/mol. The molecule has 0 spiro atoms. The zero-order valence-electron chi connectivity index (χ0n) is 18.4. The highest BCUT2D eigenvalue weighted by Crippen LogP contribution is 2.35. The Hall–Kier alpha value is -2.56. The Bertz CT molecular complexity index is 1260. The second-order valence-corrected chi connectivity index (χ2v) is 10.6. The summed E-state index contributed by atoms with van der Waals surface area (Å²) >= 11 is 6.63. The maximum atomic E-state index is 10.6. The van der Waals surface area contributed by atoms with Crippen LogP contribution in [0.1, 0.15) is 11.1 Å². The predicted octanol–water partition coefficient (Wildman–Crippen LogP) is 7.44. The molecular weight excluding hydrogens is 524 g/mol. The molecule has 1 N–H and O–H groups in total. The van der Waals surface area contributed by atoms with E-state index in [1.54, 1.807) is 11.8 Å². The molecule has 0 amide bonds. The van der Waals surface area contributed by atoms with Crippen LogP contribution in [0, 0.1) is 11.3 Å². The number of thioether (sulfide) groups is 2. The fraction of sp³-hybridized carbons (Fsp3) is 0.143. The first kappa shape index (κ1) is 24.6. The molecule has 0 fully saturated rings. The summed E-state index contributed by atoms with van der Waals surface area (Å²) in [6.07, 6.45) is -0.497. The van der Waals surface area contributed by atoms with Crippen molar-refractivity contribution in [2.24, 2.45) is 0 Å². The van der Waals surface area contributed by atoms with E-state index in [-0.39, 0.29) is 0 Å². The van der Waals surface area contributed by atoms with Gasteiger partial charge in [-0.1, -0.05) is 88.7 Å². The first-order valence-corrected chi connectivity index (χ1v) is 13.8. The Morgan fingerprint density at radius 2 is 1.56 bits per heavy atom. The number of halogens is 1. The zero-order valence-corrected chi connectivity index (χ0v) is 21.6. The molecule has 0 aliphatic heterocycles. The lowest BCUT2D eigenvalue weighted by atomic mass is 9.99. The number of pyridine rings is 1. The SMILES string of the molecule is N#Cc1c(-c2ccccc2)cc(-c2ccc(Br)cc2)nc1SCC(O)CSCc1ccccc1. The molecule has 4 aromatic rings. The third-order valence-corrected chi connectivity index (χ3v) is 7.96. The summed E-state index contributed by atoms with van der Waals surface area (Å²) in [6, 6.07) is 32.5. The van der Waals surface area contributed by atoms with Crippen LogP contribution in [0.5, 0.6) is 0 Å². The van der Waals surface area contributed by atoms with Crippen LogP contribution in [0.3, 0.4) is 0 Å². The van der Waals surface area contributed by atoms with Gasteiger partial charge < -0.3 is 5.11 Å². The van der Waals surface area contributed by atoms with Gasteiger partial charge in [-0.25, -0.2) is 4.98 Å². The van der Waals surface area contributed by atoms with Crippen LogP contribution in [0.4, 0.5) is 0 Å². The molecule has 1 aromatic heterocycles. The number of aromatic nitrogens is 1. The lowest BCUT2D eigenvalue weighted by molar-refractivity contribution is 0.225. The highest BCUT2D eigenvalue weighted by Gasteiger charge is 2.17. The summed E-state index contributed by atoms with van der Waals surface area (Å²) in [5.41, 5.74) is 5.40. The second kappa shape index (κ2) is 12.2. The Balaban J connectivity index is 1.56. The fourth-order valence-corrected chi connectivity index (χ4v) is 5.74. The third kappa shape index (κ3) is 6.52. The largest absolute Gasteiger partial charge is 0.391 e. The molecule has 0 radical (unpaired) electrons. The molecule has 0 aliphatic carbocycles. The lowest BCUT2D eigenvalue weighted by Gasteiger charge is -2.14. The van der Waals surface area contributed by atoms with Gasteiger partial charge in [0.05, 0.1) is 17.4 Å². The van der Waals surface area contributed by atoms with Gasteiger partial charge in [0.25, 0.3) is 0 Å². The van der Waals surface area contributed by atoms with Gasteiger partial charge in [0, 0.05) is 32.9 Å². The Kier molecular flexibility index (Phi) is 8.84. The normalized spacial score (nSPS) is 11.7. The number of hydrogen-bond acceptors (Lipinski definition) is 5. The van der Waals surface area contributed by atoms with E-state index in [9.17, 15) is 10.4 Å². The number of aliphatic hydroxyl groups is 1. The summed E-state index contributed by atoms with van der Waals surface area (Å²) in [5, 5.41) is 21.3. The number of hydrogen-bond donors (Lipinski definition) is 1. The van der Waals surface area contributed by atoms with Crippen LogP contribution < -0.4 is 0 Å². The molecule has 3 aromatic carbocycles. The summed E-state index contributed by atoms with van der Waals surface area (Å²) in [5.74, 6) is 1.96. The molecular formula is C28H23BrN2OS2. The van der Waals surface area contributed by atoms with E-state index >= 15 is 0 Å². The zero-order chi connectivity index (χ0) is 23.8. The van der Waals surface area contributed by atoms with Gasteiger partial charge in [-0.05, 0) is 29.3 Å². The molecule has 6 heteroatoms. The maximum Gasteiger partial charge on any atom is 0.115 e. The van der Waals surface area contributed by atoms with E-state index in [4.69, 9.17) is 4.98 Å². The van der Waals surface area contributed by atoms with Crippen LogP contribution in [-0.2, 0) is 5.75 Å². The molecule has 1 heterocycles. The Morgan fingerprint density at radius 3 is 2.24 bits per heavy atom. The molecule has 0 saturated carbocycles. The molecule has 3 nitrogen and oxygen atoms in total. The minimum absolute atomic E-state index is 0.474. The minimum Gasteiger partial charge on any atom is -0.391 e. The van der Waals surface area contributed by atoms with E-state index < -0.39 is 6.10 Å². The Labute approximate surface area is 217 Å². The average Bonchev–Trinajstić information content (AvgIpc) is 2.88. The van der Waals surface area contributed by atoms with Gasteiger partial charge in [0.1, 0.15) is 11.1 Å². The van der Waals surface area contributed by atoms with Crippen molar-refractivity contribution in [1.29, 1.82) is 5.26 Å². The van der Waals surface area contributed by atoms with Crippen LogP contribution in [0.2, 0.25) is 0 Å². The van der Waals surface area contributed by atoms with Gasteiger partial charge in [0.2, 0.25) is 0 Å². The van der Waals surface area contributed by atoms with E-state index in [1.165, 1.54) is 17.3 Å². The molecule has 170 valence electrons. The molecule has 0 saturated heterocycles. The van der Waals surface area contributed by atoms with Crippen molar-refractivity contribution in [1.82, 2.24) is 4.98 Å². The van der Waals surface area contributed by atoms with Crippen molar-refractivity contribution in [3.05, 3.63) is 107 Å². The van der Waals surface area contributed by atoms with Crippen molar-refractivity contribution in [3.63, 3.8) is 0 Å². The quantitative estimate of drug-likeness (QED) is 0.221. The molecule has 1 unspecified atom stereocenters. The van der Waals surface area contributed by atoms with Crippen molar-refractivity contribution in [2.75, 3.05) is 11.5 Å². The van der Waals surface area contributed by atoms with E-state index in [0.29, 0.717) is 22.1 Å². The molecule has 0 aliphatic rings. The van der Waals surface area contributed by atoms with Crippen molar-refractivity contribution in [2.45, 2.75) is 16.9 Å². The van der Waals surface area contributed by atoms with Crippen molar-refractivity contribution >= 4 is 39.5 Å². The number of rotatable bonds is 9. The van der Waals surface area contributed by atoms with Crippen LogP contribution in [0.25, 0.3) is 22.4 Å². The topological polar surface area (TPSA) is 56.9 Å². The molecule has 4 rings (SSSR count). The highest BCUT2D eigenvalue weighted by molar-refractivity contribution is 9.10. The summed E-state index contributed by atoms with van der Waals surface area (Å²) < 4.78 is 0.999. The lowest BCUT2D eigenvalue weighted by Crippen LogP contribution is -2.13. The monoisotopic (exact) mass is 546 g/mol. The van der Waals surface area contributed by atoms with Gasteiger partial charge in [0.15, 0.2) is 0 Å². The first-order chi connectivity index (χ1) is 16.6. The third-order valence-electron chi connectivity index (χ3n) is 5.16. The minimum atomic E-state index is -0.497. The first-order valence-electron chi connectivity index (χ1n) is 10.8. The van der Waals surface area contributed by atoms with Gasteiger partial charge in [-0.2, -0.15) is 17.0 Å². The van der Waals surface area contributed by atoms with Crippen LogP contribution >= 0.6 is 39.5 Å². The van der Waals surface area contributed by atoms with Crippen molar-refractivity contribution < 1.29 is 5.11 Å². The average molecular weight is 548 g/mol. The number of aliphatic hydroxyl groups excluding tert-OH is 1. The van der Waals surface area contributed by atoms with Gasteiger partial charge in [-0.15, -0.1) is 11.8 Å². The van der Waals surface area contributed by atoms with Crippen LogP contribution in [-0.4, -0.2) is 27.7 Å². The standard InChI is InChI=1S/C28H23BrN2OS2/c29-23-13-11-22(12-14-23)27-15-25(21-9-5-2-6-10-21)26(16-30)28(31-27)34-19-24(32)18-33-17-20-7-3-1-4-8-20/h1-15,24,32H,17-19H2. The van der Waals surface area contributed by atoms with Crippen molar-refractivity contribution in [3.8, 4) is 28.5 Å². The maximum absolute atomic E-state index is 10.6. The van der Waals surface area contributed by atoms with E-state index in [0.717, 1.165) is 32.6 Å². The van der Waals surface area contributed by atoms with Gasteiger partial charge >= 0.3 is 0 Å². The Morgan fingerprint density at radius 1 is 0.882 bits per heavy atom. The van der Waals surface area contributed by atoms with Crippen LogP contribution in [0.15, 0.2) is 100 Å². The highest BCUT2D eigenvalue weighted by atomic mass is 79.9. The molecule has 0 bridgehead atoms. The molecule has 1 atom stereocenters. The summed E-state index contributed by atoms with van der Waals surface area (Å²) in [4.78, 5) is 4.84. The number of nitriles is 1. The summed E-state index contributed by atoms with van der Waals surface area (Å²) in [7, 11) is 0. The molecule has 34 heavy (non-hydrogen) atoms. The number of benzene rings is 3. The van der Waals surface area contributed by atoms with Gasteiger partial charge in [-0.3, -0.25) is 0 Å². The fourth-order valence-electron chi connectivity index (χ4n) is 3.46. The second-order valence-electron chi connectivity index (χ2n) is 7.69.